The van der Waals surface area contributed by atoms with Crippen LogP contribution in [0.4, 0.5) is 0 Å². The van der Waals surface area contributed by atoms with E-state index >= 15 is 0 Å². The van der Waals surface area contributed by atoms with Gasteiger partial charge in [-0.05, 0) is 49.3 Å². The van der Waals surface area contributed by atoms with Gasteiger partial charge >= 0.3 is 0 Å². The predicted octanol–water partition coefficient (Wildman–Crippen LogP) is 2.59. The van der Waals surface area contributed by atoms with E-state index in [-0.39, 0.29) is 0 Å². The minimum atomic E-state index is 0.417. The van der Waals surface area contributed by atoms with Crippen LogP contribution in [-0.2, 0) is 6.54 Å². The number of likely N-dealkylation sites (tertiary alicyclic amines) is 1. The molecular weight excluding hydrogens is 248 g/mol. The van der Waals surface area contributed by atoms with Crippen molar-refractivity contribution in [1.82, 2.24) is 10.2 Å². The van der Waals surface area contributed by atoms with Crippen molar-refractivity contribution in [3.8, 4) is 5.75 Å². The second-order valence-electron chi connectivity index (χ2n) is 5.73. The van der Waals surface area contributed by atoms with Gasteiger partial charge in [-0.3, -0.25) is 4.90 Å². The number of rotatable bonds is 4. The first-order chi connectivity index (χ1) is 9.78. The molecule has 3 rings (SSSR count). The van der Waals surface area contributed by atoms with E-state index in [9.17, 15) is 5.11 Å². The summed E-state index contributed by atoms with van der Waals surface area (Å²) in [4.78, 5) is 2.45. The molecule has 0 saturated carbocycles. The summed E-state index contributed by atoms with van der Waals surface area (Å²) in [7, 11) is 2.01. The molecule has 0 aliphatic carbocycles. The average Bonchev–Trinajstić information content (AvgIpc) is 2.90. The number of nitrogens with zero attached hydrogens (tertiary/aromatic N) is 1. The molecule has 1 aliphatic rings. The molecule has 1 heterocycles. The zero-order valence-electron chi connectivity index (χ0n) is 12.0. The summed E-state index contributed by atoms with van der Waals surface area (Å²) in [5, 5.41) is 15.8. The van der Waals surface area contributed by atoms with Gasteiger partial charge in [0.1, 0.15) is 5.75 Å². The van der Waals surface area contributed by atoms with E-state index in [1.165, 1.54) is 17.2 Å². The monoisotopic (exact) mass is 270 g/mol. The minimum Gasteiger partial charge on any atom is -0.508 e. The zero-order valence-corrected chi connectivity index (χ0v) is 12.0. The largest absolute Gasteiger partial charge is 0.508 e. The van der Waals surface area contributed by atoms with Crippen LogP contribution in [0.5, 0.6) is 5.75 Å². The van der Waals surface area contributed by atoms with Crippen LogP contribution in [0.25, 0.3) is 10.8 Å². The molecule has 20 heavy (non-hydrogen) atoms. The predicted molar refractivity (Wildman–Crippen MR) is 82.9 cm³/mol. The van der Waals surface area contributed by atoms with Gasteiger partial charge in [-0.15, -0.1) is 0 Å². The molecule has 1 saturated heterocycles. The van der Waals surface area contributed by atoms with Gasteiger partial charge in [0.15, 0.2) is 0 Å². The number of phenolic OH excluding ortho intramolecular Hbond substituents is 1. The molecule has 2 N–H and O–H groups in total. The third-order valence-corrected chi connectivity index (χ3v) is 4.26. The van der Waals surface area contributed by atoms with Gasteiger partial charge in [-0.1, -0.05) is 30.3 Å². The third kappa shape index (κ3) is 2.65. The van der Waals surface area contributed by atoms with E-state index in [1.807, 2.05) is 31.3 Å². The first-order valence-electron chi connectivity index (χ1n) is 7.34. The summed E-state index contributed by atoms with van der Waals surface area (Å²) in [5.41, 5.74) is 1.06. The Morgan fingerprint density at radius 3 is 2.95 bits per heavy atom. The molecule has 3 heteroatoms. The van der Waals surface area contributed by atoms with Crippen LogP contribution >= 0.6 is 0 Å². The van der Waals surface area contributed by atoms with Crippen LogP contribution < -0.4 is 5.32 Å². The SMILES string of the molecule is CNCC1CCN(Cc2c(O)ccc3ccccc23)C1. The maximum atomic E-state index is 10.2. The van der Waals surface area contributed by atoms with Gasteiger partial charge in [-0.2, -0.15) is 0 Å². The van der Waals surface area contributed by atoms with Gasteiger partial charge in [0, 0.05) is 18.7 Å². The Morgan fingerprint density at radius 2 is 2.10 bits per heavy atom. The first kappa shape index (κ1) is 13.4. The van der Waals surface area contributed by atoms with Crippen molar-refractivity contribution >= 4 is 10.8 Å². The fourth-order valence-corrected chi connectivity index (χ4v) is 3.23. The summed E-state index contributed by atoms with van der Waals surface area (Å²) >= 11 is 0. The zero-order chi connectivity index (χ0) is 13.9. The van der Waals surface area contributed by atoms with E-state index < -0.39 is 0 Å². The van der Waals surface area contributed by atoms with Crippen LogP contribution in [0.1, 0.15) is 12.0 Å². The highest BCUT2D eigenvalue weighted by Gasteiger charge is 2.23. The molecule has 1 fully saturated rings. The lowest BCUT2D eigenvalue weighted by Gasteiger charge is -2.18. The molecular formula is C17H22N2O. The van der Waals surface area contributed by atoms with E-state index in [4.69, 9.17) is 0 Å². The lowest BCUT2D eigenvalue weighted by Crippen LogP contribution is -2.24. The number of benzene rings is 2. The second-order valence-corrected chi connectivity index (χ2v) is 5.73. The number of fused-ring (bicyclic) bond motifs is 1. The average molecular weight is 270 g/mol. The van der Waals surface area contributed by atoms with Gasteiger partial charge < -0.3 is 10.4 Å². The maximum Gasteiger partial charge on any atom is 0.120 e. The van der Waals surface area contributed by atoms with Crippen LogP contribution in [0.2, 0.25) is 0 Å². The van der Waals surface area contributed by atoms with Crippen molar-refractivity contribution in [2.45, 2.75) is 13.0 Å². The summed E-state index contributed by atoms with van der Waals surface area (Å²) < 4.78 is 0. The van der Waals surface area contributed by atoms with Crippen LogP contribution in [0.15, 0.2) is 36.4 Å². The van der Waals surface area contributed by atoms with Crippen molar-refractivity contribution in [1.29, 1.82) is 0 Å². The molecule has 0 amide bonds. The maximum absolute atomic E-state index is 10.2. The van der Waals surface area contributed by atoms with Crippen molar-refractivity contribution in [3.05, 3.63) is 42.0 Å². The Balaban J connectivity index is 1.82. The van der Waals surface area contributed by atoms with E-state index in [0.717, 1.165) is 37.7 Å². The van der Waals surface area contributed by atoms with Crippen LogP contribution in [-0.4, -0.2) is 36.7 Å². The number of phenols is 1. The molecule has 0 spiro atoms. The number of hydrogen-bond donors (Lipinski definition) is 2. The van der Waals surface area contributed by atoms with Crippen molar-refractivity contribution in [3.63, 3.8) is 0 Å². The topological polar surface area (TPSA) is 35.5 Å². The highest BCUT2D eigenvalue weighted by Crippen LogP contribution is 2.29. The molecule has 2 aromatic carbocycles. The summed E-state index contributed by atoms with van der Waals surface area (Å²) in [5.74, 6) is 1.15. The molecule has 106 valence electrons. The number of aromatic hydroxyl groups is 1. The molecule has 1 atom stereocenters. The Kier molecular flexibility index (Phi) is 3.90. The lowest BCUT2D eigenvalue weighted by molar-refractivity contribution is 0.311. The molecule has 2 aromatic rings. The molecule has 1 aliphatic heterocycles. The highest BCUT2D eigenvalue weighted by atomic mass is 16.3. The lowest BCUT2D eigenvalue weighted by atomic mass is 10.0. The standard InChI is InChI=1S/C17H22N2O/c1-18-10-13-8-9-19(11-13)12-16-15-5-3-2-4-14(15)6-7-17(16)20/h2-7,13,18,20H,8-12H2,1H3. The van der Waals surface area contributed by atoms with Gasteiger partial charge in [0.2, 0.25) is 0 Å². The van der Waals surface area contributed by atoms with E-state index in [1.54, 1.807) is 0 Å². The minimum absolute atomic E-state index is 0.417. The van der Waals surface area contributed by atoms with Gasteiger partial charge in [-0.25, -0.2) is 0 Å². The Morgan fingerprint density at radius 1 is 1.25 bits per heavy atom. The summed E-state index contributed by atoms with van der Waals surface area (Å²) in [6.07, 6.45) is 1.24. The Hall–Kier alpha value is -1.58. The Labute approximate surface area is 120 Å². The number of nitrogens with one attached hydrogen (secondary N) is 1. The van der Waals surface area contributed by atoms with Gasteiger partial charge in [0.05, 0.1) is 0 Å². The van der Waals surface area contributed by atoms with Crippen molar-refractivity contribution in [2.75, 3.05) is 26.7 Å². The molecule has 0 radical (unpaired) electrons. The number of hydrogen-bond acceptors (Lipinski definition) is 3. The molecule has 3 nitrogen and oxygen atoms in total. The quantitative estimate of drug-likeness (QED) is 0.896. The first-order valence-corrected chi connectivity index (χ1v) is 7.34. The summed E-state index contributed by atoms with van der Waals surface area (Å²) in [6, 6.07) is 12.1. The fourth-order valence-electron chi connectivity index (χ4n) is 3.23. The third-order valence-electron chi connectivity index (χ3n) is 4.26. The summed E-state index contributed by atoms with van der Waals surface area (Å²) in [6.45, 7) is 4.16. The highest BCUT2D eigenvalue weighted by molar-refractivity contribution is 5.87. The van der Waals surface area contributed by atoms with Crippen molar-refractivity contribution in [2.24, 2.45) is 5.92 Å². The van der Waals surface area contributed by atoms with Crippen LogP contribution in [0.3, 0.4) is 0 Å². The van der Waals surface area contributed by atoms with E-state index in [2.05, 4.69) is 22.3 Å². The molecule has 0 bridgehead atoms. The second kappa shape index (κ2) is 5.81. The van der Waals surface area contributed by atoms with Gasteiger partial charge in [0.25, 0.3) is 0 Å². The smallest absolute Gasteiger partial charge is 0.120 e. The van der Waals surface area contributed by atoms with Crippen LogP contribution in [0, 0.1) is 5.92 Å². The Bertz CT molecular complexity index is 597. The molecule has 1 unspecified atom stereocenters. The molecule has 0 aromatic heterocycles. The fraction of sp³-hybridized carbons (Fsp3) is 0.412. The van der Waals surface area contributed by atoms with E-state index in [0.29, 0.717) is 5.75 Å². The normalized spacial score (nSPS) is 19.8. The van der Waals surface area contributed by atoms with Crippen molar-refractivity contribution < 1.29 is 5.11 Å².